The van der Waals surface area contributed by atoms with Crippen LogP contribution in [0.1, 0.15) is 24.8 Å². The number of carboxylic acids is 1. The number of carbonyl (C=O) groups excluding carboxylic acids is 2. The molecule has 1 aliphatic carbocycles. The third-order valence-electron chi connectivity index (χ3n) is 4.70. The molecule has 5 nitrogen and oxygen atoms in total. The molecule has 1 aliphatic heterocycles. The molecule has 1 aromatic rings. The molecule has 3 rings (SSSR count). The monoisotopic (exact) mass is 288 g/mol. The summed E-state index contributed by atoms with van der Waals surface area (Å²) in [6.45, 7) is 1.40. The second-order valence-corrected chi connectivity index (χ2v) is 5.97. The minimum atomic E-state index is -0.949. The molecule has 0 radical (unpaired) electrons. The molecule has 1 amide bonds. The van der Waals surface area contributed by atoms with Gasteiger partial charge in [-0.15, -0.1) is 0 Å². The first-order chi connectivity index (χ1) is 10.1. The summed E-state index contributed by atoms with van der Waals surface area (Å²) in [6, 6.07) is 9.54. The van der Waals surface area contributed by atoms with Gasteiger partial charge in [0.05, 0.1) is 0 Å². The van der Waals surface area contributed by atoms with Gasteiger partial charge in [-0.05, 0) is 30.2 Å². The van der Waals surface area contributed by atoms with Gasteiger partial charge < -0.3 is 19.5 Å². The molecule has 1 spiro atoms. The van der Waals surface area contributed by atoms with E-state index in [0.717, 1.165) is 18.4 Å². The highest BCUT2D eigenvalue weighted by atomic mass is 16.6. The van der Waals surface area contributed by atoms with Gasteiger partial charge in [0.2, 0.25) is 0 Å². The molecule has 0 bridgehead atoms. The molecule has 1 heterocycles. The molecule has 1 saturated carbocycles. The van der Waals surface area contributed by atoms with Crippen molar-refractivity contribution in [3.05, 3.63) is 35.9 Å². The quantitative estimate of drug-likeness (QED) is 0.837. The van der Waals surface area contributed by atoms with Gasteiger partial charge in [-0.1, -0.05) is 30.3 Å². The summed E-state index contributed by atoms with van der Waals surface area (Å²) in [4.78, 5) is 24.6. The van der Waals surface area contributed by atoms with Gasteiger partial charge in [-0.25, -0.2) is 4.79 Å². The third-order valence-corrected chi connectivity index (χ3v) is 4.70. The lowest BCUT2D eigenvalue weighted by molar-refractivity contribution is -0.309. The molecule has 2 fully saturated rings. The minimum absolute atomic E-state index is 0.116. The SMILES string of the molecule is O=C([O-])[C@@H]1CC12CCN(C(=O)OCc1ccccc1)CC2. The van der Waals surface area contributed by atoms with Crippen LogP contribution >= 0.6 is 0 Å². The average molecular weight is 288 g/mol. The van der Waals surface area contributed by atoms with Crippen LogP contribution in [0.4, 0.5) is 4.79 Å². The van der Waals surface area contributed by atoms with Crippen molar-refractivity contribution in [2.75, 3.05) is 13.1 Å². The lowest BCUT2D eigenvalue weighted by Gasteiger charge is -2.32. The number of rotatable bonds is 3. The minimum Gasteiger partial charge on any atom is -0.550 e. The Labute approximate surface area is 123 Å². The predicted octanol–water partition coefficient (Wildman–Crippen LogP) is 1.18. The third kappa shape index (κ3) is 2.86. The molecule has 1 aromatic carbocycles. The first kappa shape index (κ1) is 13.9. The highest BCUT2D eigenvalue weighted by molar-refractivity contribution is 5.73. The lowest BCUT2D eigenvalue weighted by Crippen LogP contribution is -2.41. The van der Waals surface area contributed by atoms with Crippen LogP contribution in [0.5, 0.6) is 0 Å². The number of carbonyl (C=O) groups is 2. The van der Waals surface area contributed by atoms with E-state index in [4.69, 9.17) is 4.74 Å². The van der Waals surface area contributed by atoms with Crippen LogP contribution in [0.3, 0.4) is 0 Å². The Kier molecular flexibility index (Phi) is 3.57. The van der Waals surface area contributed by atoms with Crippen LogP contribution in [0, 0.1) is 11.3 Å². The van der Waals surface area contributed by atoms with E-state index in [-0.39, 0.29) is 24.0 Å². The molecule has 0 aromatic heterocycles. The van der Waals surface area contributed by atoms with Crippen molar-refractivity contribution in [2.24, 2.45) is 11.3 Å². The molecule has 1 atom stereocenters. The Morgan fingerprint density at radius 2 is 1.90 bits per heavy atom. The van der Waals surface area contributed by atoms with Crippen molar-refractivity contribution < 1.29 is 19.4 Å². The van der Waals surface area contributed by atoms with Crippen LogP contribution in [0.2, 0.25) is 0 Å². The molecular weight excluding hydrogens is 270 g/mol. The second kappa shape index (κ2) is 5.39. The summed E-state index contributed by atoms with van der Waals surface area (Å²) in [7, 11) is 0. The van der Waals surface area contributed by atoms with Crippen LogP contribution in [-0.4, -0.2) is 30.1 Å². The summed E-state index contributed by atoms with van der Waals surface area (Å²) in [5.41, 5.74) is 0.841. The van der Waals surface area contributed by atoms with E-state index in [1.807, 2.05) is 30.3 Å². The van der Waals surface area contributed by atoms with Crippen molar-refractivity contribution >= 4 is 12.1 Å². The fourth-order valence-corrected chi connectivity index (χ4v) is 3.18. The van der Waals surface area contributed by atoms with Gasteiger partial charge in [0.1, 0.15) is 6.61 Å². The first-order valence-corrected chi connectivity index (χ1v) is 7.27. The number of piperidine rings is 1. The Bertz CT molecular complexity index is 534. The van der Waals surface area contributed by atoms with Gasteiger partial charge in [-0.3, -0.25) is 0 Å². The van der Waals surface area contributed by atoms with E-state index in [2.05, 4.69) is 0 Å². The average Bonchev–Trinajstić information content (AvgIpc) is 3.21. The zero-order valence-corrected chi connectivity index (χ0v) is 11.8. The van der Waals surface area contributed by atoms with Crippen LogP contribution in [-0.2, 0) is 16.1 Å². The standard InChI is InChI=1S/C16H19NO4/c18-14(19)13-10-16(13)6-8-17(9-7-16)15(20)21-11-12-4-2-1-3-5-12/h1-5,13H,6-11H2,(H,18,19)/p-1/t13-/m0/s1. The number of carboxylic acid groups (broad SMARTS) is 1. The van der Waals surface area contributed by atoms with Crippen molar-refractivity contribution in [1.82, 2.24) is 4.90 Å². The second-order valence-electron chi connectivity index (χ2n) is 5.97. The number of hydrogen-bond donors (Lipinski definition) is 0. The van der Waals surface area contributed by atoms with Crippen molar-refractivity contribution in [3.8, 4) is 0 Å². The number of hydrogen-bond acceptors (Lipinski definition) is 4. The smallest absolute Gasteiger partial charge is 0.410 e. The Balaban J connectivity index is 1.46. The summed E-state index contributed by atoms with van der Waals surface area (Å²) in [5, 5.41) is 10.9. The molecule has 1 saturated heterocycles. The summed E-state index contributed by atoms with van der Waals surface area (Å²) >= 11 is 0. The fraction of sp³-hybridized carbons (Fsp3) is 0.500. The predicted molar refractivity (Wildman–Crippen MR) is 73.0 cm³/mol. The summed E-state index contributed by atoms with van der Waals surface area (Å²) in [5.74, 6) is -1.27. The number of benzene rings is 1. The van der Waals surface area contributed by atoms with Gasteiger partial charge in [0, 0.05) is 25.0 Å². The number of ether oxygens (including phenoxy) is 1. The molecule has 5 heteroatoms. The van der Waals surface area contributed by atoms with Gasteiger partial charge >= 0.3 is 6.09 Å². The summed E-state index contributed by atoms with van der Waals surface area (Å²) < 4.78 is 5.29. The largest absolute Gasteiger partial charge is 0.550 e. The maximum Gasteiger partial charge on any atom is 0.410 e. The van der Waals surface area contributed by atoms with Crippen LogP contribution in [0.15, 0.2) is 30.3 Å². The maximum atomic E-state index is 12.0. The van der Waals surface area contributed by atoms with Crippen LogP contribution in [0.25, 0.3) is 0 Å². The molecule has 2 aliphatic rings. The summed E-state index contributed by atoms with van der Waals surface area (Å²) in [6.07, 6.45) is 1.83. The fourth-order valence-electron chi connectivity index (χ4n) is 3.18. The number of amides is 1. The zero-order chi connectivity index (χ0) is 14.9. The Morgan fingerprint density at radius 1 is 1.24 bits per heavy atom. The van der Waals surface area contributed by atoms with E-state index in [0.29, 0.717) is 19.5 Å². The van der Waals surface area contributed by atoms with E-state index in [9.17, 15) is 14.7 Å². The first-order valence-electron chi connectivity index (χ1n) is 7.27. The molecule has 0 N–H and O–H groups in total. The zero-order valence-electron chi connectivity index (χ0n) is 11.8. The van der Waals surface area contributed by atoms with Gasteiger partial charge in [0.15, 0.2) is 0 Å². The molecule has 21 heavy (non-hydrogen) atoms. The maximum absolute atomic E-state index is 12.0. The molecule has 0 unspecified atom stereocenters. The highest BCUT2D eigenvalue weighted by Crippen LogP contribution is 2.59. The molecular formula is C16H18NO4-. The van der Waals surface area contributed by atoms with Crippen LogP contribution < -0.4 is 5.11 Å². The lowest BCUT2D eigenvalue weighted by atomic mass is 9.91. The highest BCUT2D eigenvalue weighted by Gasteiger charge is 2.55. The van der Waals surface area contributed by atoms with Crippen molar-refractivity contribution in [2.45, 2.75) is 25.9 Å². The number of nitrogens with zero attached hydrogens (tertiary/aromatic N) is 1. The van der Waals surface area contributed by atoms with Crippen molar-refractivity contribution in [3.63, 3.8) is 0 Å². The van der Waals surface area contributed by atoms with E-state index >= 15 is 0 Å². The van der Waals surface area contributed by atoms with Crippen molar-refractivity contribution in [1.29, 1.82) is 0 Å². The van der Waals surface area contributed by atoms with E-state index in [1.165, 1.54) is 0 Å². The van der Waals surface area contributed by atoms with E-state index in [1.54, 1.807) is 4.90 Å². The van der Waals surface area contributed by atoms with Gasteiger partial charge in [0.25, 0.3) is 0 Å². The Hall–Kier alpha value is -2.04. The number of likely N-dealkylation sites (tertiary alicyclic amines) is 1. The van der Waals surface area contributed by atoms with E-state index < -0.39 is 5.97 Å². The normalized spacial score (nSPS) is 22.9. The molecule has 112 valence electrons. The number of aliphatic carboxylic acids is 1. The Morgan fingerprint density at radius 3 is 2.48 bits per heavy atom. The van der Waals surface area contributed by atoms with Gasteiger partial charge in [-0.2, -0.15) is 0 Å². The topological polar surface area (TPSA) is 69.7 Å².